The van der Waals surface area contributed by atoms with E-state index in [0.29, 0.717) is 11.8 Å². The molecular formula is C16H23N3O. The fraction of sp³-hybridized carbons (Fsp3) is 0.500. The number of hydrogen-bond donors (Lipinski definition) is 0. The monoisotopic (exact) mass is 273 g/mol. The van der Waals surface area contributed by atoms with Gasteiger partial charge in [0.2, 0.25) is 0 Å². The average Bonchev–Trinajstić information content (AvgIpc) is 2.90. The summed E-state index contributed by atoms with van der Waals surface area (Å²) in [6.45, 7) is 6.76. The molecule has 0 radical (unpaired) electrons. The Bertz CT molecular complexity index is 577. The Morgan fingerprint density at radius 1 is 1.30 bits per heavy atom. The zero-order valence-corrected chi connectivity index (χ0v) is 12.9. The molecule has 1 aromatic heterocycles. The molecule has 2 atom stereocenters. The van der Waals surface area contributed by atoms with Crippen molar-refractivity contribution in [1.82, 2.24) is 14.8 Å². The summed E-state index contributed by atoms with van der Waals surface area (Å²) < 4.78 is 7.46. The summed E-state index contributed by atoms with van der Waals surface area (Å²) in [5.41, 5.74) is 2.24. The van der Waals surface area contributed by atoms with Crippen LogP contribution in [0.1, 0.15) is 38.7 Å². The molecule has 0 saturated heterocycles. The van der Waals surface area contributed by atoms with Crippen LogP contribution < -0.4 is 4.74 Å². The van der Waals surface area contributed by atoms with Gasteiger partial charge in [0.05, 0.1) is 12.7 Å². The Morgan fingerprint density at radius 2 is 2.05 bits per heavy atom. The van der Waals surface area contributed by atoms with Crippen molar-refractivity contribution in [3.8, 4) is 17.1 Å². The van der Waals surface area contributed by atoms with E-state index in [0.717, 1.165) is 23.6 Å². The van der Waals surface area contributed by atoms with Crippen LogP contribution in [0.25, 0.3) is 11.4 Å². The molecule has 0 bridgehead atoms. The van der Waals surface area contributed by atoms with Gasteiger partial charge in [-0.1, -0.05) is 39.3 Å². The number of hydrogen-bond acceptors (Lipinski definition) is 3. The van der Waals surface area contributed by atoms with E-state index >= 15 is 0 Å². The van der Waals surface area contributed by atoms with Crippen molar-refractivity contribution >= 4 is 0 Å². The third-order valence-corrected chi connectivity index (χ3v) is 4.19. The number of ether oxygens (including phenoxy) is 1. The lowest BCUT2D eigenvalue weighted by Gasteiger charge is -2.22. The molecule has 2 rings (SSSR count). The van der Waals surface area contributed by atoms with E-state index in [2.05, 4.69) is 43.0 Å². The molecule has 0 fully saturated rings. The fourth-order valence-corrected chi connectivity index (χ4v) is 2.52. The molecule has 4 nitrogen and oxygen atoms in total. The Hall–Kier alpha value is -1.84. The number of para-hydroxylation sites is 1. The maximum Gasteiger partial charge on any atom is 0.161 e. The van der Waals surface area contributed by atoms with Crippen LogP contribution in [0.2, 0.25) is 0 Å². The largest absolute Gasteiger partial charge is 0.496 e. The third kappa shape index (κ3) is 2.55. The van der Waals surface area contributed by atoms with Crippen molar-refractivity contribution in [3.05, 3.63) is 30.1 Å². The van der Waals surface area contributed by atoms with E-state index in [4.69, 9.17) is 4.74 Å². The van der Waals surface area contributed by atoms with Crippen LogP contribution in [-0.2, 0) is 7.05 Å². The number of nitrogens with zero attached hydrogens (tertiary/aromatic N) is 3. The van der Waals surface area contributed by atoms with Crippen LogP contribution in [-0.4, -0.2) is 21.9 Å². The summed E-state index contributed by atoms with van der Waals surface area (Å²) in [4.78, 5) is 4.33. The predicted molar refractivity (Wildman–Crippen MR) is 80.9 cm³/mol. The van der Waals surface area contributed by atoms with Crippen molar-refractivity contribution in [3.63, 3.8) is 0 Å². The van der Waals surface area contributed by atoms with Gasteiger partial charge in [-0.15, -0.1) is 0 Å². The fourth-order valence-electron chi connectivity index (χ4n) is 2.52. The van der Waals surface area contributed by atoms with Crippen LogP contribution in [0.4, 0.5) is 0 Å². The van der Waals surface area contributed by atoms with E-state index in [1.165, 1.54) is 5.56 Å². The molecular weight excluding hydrogens is 250 g/mol. The van der Waals surface area contributed by atoms with Crippen LogP contribution in [0, 0.1) is 5.92 Å². The van der Waals surface area contributed by atoms with Gasteiger partial charge >= 0.3 is 0 Å². The number of rotatable bonds is 5. The minimum absolute atomic E-state index is 0.447. The number of aryl methyl sites for hydroxylation is 1. The summed E-state index contributed by atoms with van der Waals surface area (Å²) in [5.74, 6) is 2.80. The van der Waals surface area contributed by atoms with Crippen LogP contribution in [0.15, 0.2) is 24.5 Å². The normalized spacial score (nSPS) is 14.1. The SMILES string of the molecule is CCC(C)C(C)c1cccc(-c2ncnn2C)c1OC. The molecule has 108 valence electrons. The van der Waals surface area contributed by atoms with E-state index in [1.54, 1.807) is 18.1 Å². The standard InChI is InChI=1S/C16H23N3O/c1-6-11(2)12(3)13-8-7-9-14(15(13)20-5)16-17-10-18-19(16)4/h7-12H,6H2,1-5H3. The summed E-state index contributed by atoms with van der Waals surface area (Å²) >= 11 is 0. The summed E-state index contributed by atoms with van der Waals surface area (Å²) in [5, 5.41) is 4.14. The Kier molecular flexibility index (Phi) is 4.42. The van der Waals surface area contributed by atoms with E-state index in [-0.39, 0.29) is 0 Å². The number of aromatic nitrogens is 3. The summed E-state index contributed by atoms with van der Waals surface area (Å²) in [6, 6.07) is 6.26. The van der Waals surface area contributed by atoms with Gasteiger partial charge in [0.15, 0.2) is 5.82 Å². The highest BCUT2D eigenvalue weighted by Gasteiger charge is 2.21. The lowest BCUT2D eigenvalue weighted by molar-refractivity contribution is 0.393. The minimum Gasteiger partial charge on any atom is -0.496 e. The molecule has 20 heavy (non-hydrogen) atoms. The van der Waals surface area contributed by atoms with Gasteiger partial charge in [-0.05, 0) is 23.5 Å². The van der Waals surface area contributed by atoms with Crippen molar-refractivity contribution in [1.29, 1.82) is 0 Å². The zero-order valence-electron chi connectivity index (χ0n) is 12.9. The molecule has 0 spiro atoms. The van der Waals surface area contributed by atoms with Crippen LogP contribution in [0.5, 0.6) is 5.75 Å². The number of methoxy groups -OCH3 is 1. The minimum atomic E-state index is 0.447. The smallest absolute Gasteiger partial charge is 0.161 e. The molecule has 4 heteroatoms. The second kappa shape index (κ2) is 6.07. The van der Waals surface area contributed by atoms with E-state index in [1.807, 2.05) is 13.1 Å². The van der Waals surface area contributed by atoms with Crippen LogP contribution in [0.3, 0.4) is 0 Å². The quantitative estimate of drug-likeness (QED) is 0.835. The average molecular weight is 273 g/mol. The first kappa shape index (κ1) is 14.6. The summed E-state index contributed by atoms with van der Waals surface area (Å²) in [7, 11) is 3.62. The van der Waals surface area contributed by atoms with Gasteiger partial charge in [0.25, 0.3) is 0 Å². The van der Waals surface area contributed by atoms with Crippen molar-refractivity contribution in [2.45, 2.75) is 33.1 Å². The first-order chi connectivity index (χ1) is 9.60. The Labute approximate surface area is 120 Å². The topological polar surface area (TPSA) is 39.9 Å². The molecule has 1 heterocycles. The van der Waals surface area contributed by atoms with Crippen molar-refractivity contribution < 1.29 is 4.74 Å². The van der Waals surface area contributed by atoms with Crippen molar-refractivity contribution in [2.75, 3.05) is 7.11 Å². The molecule has 0 aliphatic heterocycles. The third-order valence-electron chi connectivity index (χ3n) is 4.19. The molecule has 0 aliphatic rings. The molecule has 1 aromatic carbocycles. The Morgan fingerprint density at radius 3 is 2.60 bits per heavy atom. The molecule has 0 N–H and O–H groups in total. The number of benzene rings is 1. The zero-order chi connectivity index (χ0) is 14.7. The predicted octanol–water partition coefficient (Wildman–Crippen LogP) is 3.64. The van der Waals surface area contributed by atoms with E-state index < -0.39 is 0 Å². The van der Waals surface area contributed by atoms with Gasteiger partial charge in [-0.2, -0.15) is 5.10 Å². The molecule has 2 aromatic rings. The van der Waals surface area contributed by atoms with E-state index in [9.17, 15) is 0 Å². The molecule has 2 unspecified atom stereocenters. The van der Waals surface area contributed by atoms with Gasteiger partial charge < -0.3 is 4.74 Å². The van der Waals surface area contributed by atoms with Crippen molar-refractivity contribution in [2.24, 2.45) is 13.0 Å². The highest BCUT2D eigenvalue weighted by atomic mass is 16.5. The molecule has 0 amide bonds. The van der Waals surface area contributed by atoms with Gasteiger partial charge in [0.1, 0.15) is 12.1 Å². The second-order valence-corrected chi connectivity index (χ2v) is 5.31. The maximum absolute atomic E-state index is 5.69. The van der Waals surface area contributed by atoms with Gasteiger partial charge in [0, 0.05) is 7.05 Å². The second-order valence-electron chi connectivity index (χ2n) is 5.31. The first-order valence-electron chi connectivity index (χ1n) is 7.11. The lowest BCUT2D eigenvalue weighted by Crippen LogP contribution is -2.08. The molecule has 0 saturated carbocycles. The first-order valence-corrected chi connectivity index (χ1v) is 7.11. The highest BCUT2D eigenvalue weighted by Crippen LogP contribution is 2.38. The van der Waals surface area contributed by atoms with Gasteiger partial charge in [-0.3, -0.25) is 0 Å². The molecule has 0 aliphatic carbocycles. The lowest BCUT2D eigenvalue weighted by atomic mass is 9.86. The van der Waals surface area contributed by atoms with Crippen LogP contribution >= 0.6 is 0 Å². The Balaban J connectivity index is 2.53. The summed E-state index contributed by atoms with van der Waals surface area (Å²) in [6.07, 6.45) is 2.72. The highest BCUT2D eigenvalue weighted by molar-refractivity contribution is 5.67. The maximum atomic E-state index is 5.69. The van der Waals surface area contributed by atoms with Gasteiger partial charge in [-0.25, -0.2) is 9.67 Å².